The third-order valence-electron chi connectivity index (χ3n) is 5.54. The number of hydrogen-bond donors (Lipinski definition) is 0. The topological polar surface area (TPSA) is 25.8 Å². The van der Waals surface area contributed by atoms with E-state index in [1.807, 2.05) is 0 Å². The van der Waals surface area contributed by atoms with Crippen LogP contribution in [0.4, 0.5) is 17.6 Å². The number of nitrogens with zero attached hydrogens (tertiary/aromatic N) is 2. The summed E-state index contributed by atoms with van der Waals surface area (Å²) in [6.45, 7) is 0. The van der Waals surface area contributed by atoms with Crippen LogP contribution in [-0.2, 0) is 0 Å². The van der Waals surface area contributed by atoms with Crippen LogP contribution in [-0.4, -0.2) is 9.97 Å². The van der Waals surface area contributed by atoms with Gasteiger partial charge in [-0.2, -0.15) is 0 Å². The molecule has 0 aliphatic rings. The van der Waals surface area contributed by atoms with Crippen molar-refractivity contribution in [3.8, 4) is 44.8 Å². The molecule has 0 bridgehead atoms. The molecule has 0 spiro atoms. The van der Waals surface area contributed by atoms with E-state index in [1.54, 1.807) is 72.8 Å². The molecule has 0 amide bonds. The maximum absolute atomic E-state index is 15.5. The van der Waals surface area contributed by atoms with Crippen LogP contribution in [0.15, 0.2) is 97.3 Å². The Labute approximate surface area is 193 Å². The van der Waals surface area contributed by atoms with Gasteiger partial charge >= 0.3 is 0 Å². The molecule has 0 unspecified atom stereocenters. The van der Waals surface area contributed by atoms with Crippen molar-refractivity contribution in [2.45, 2.75) is 0 Å². The second-order valence-corrected chi connectivity index (χ2v) is 7.53. The van der Waals surface area contributed by atoms with Crippen molar-refractivity contribution in [3.05, 3.63) is 121 Å². The van der Waals surface area contributed by atoms with Gasteiger partial charge in [0.1, 0.15) is 0 Å². The van der Waals surface area contributed by atoms with E-state index < -0.39 is 34.4 Å². The van der Waals surface area contributed by atoms with E-state index in [9.17, 15) is 0 Å². The first-order valence-electron chi connectivity index (χ1n) is 10.5. The van der Waals surface area contributed by atoms with Crippen molar-refractivity contribution in [2.75, 3.05) is 0 Å². The average Bonchev–Trinajstić information content (AvgIpc) is 2.89. The SMILES string of the molecule is Fc1c(F)c(-c2ccccc2-c2ccccn2)c(F)c(F)c1-c1ccccc1-c1ccccn1. The molecule has 0 saturated heterocycles. The zero-order chi connectivity index (χ0) is 23.7. The molecule has 166 valence electrons. The van der Waals surface area contributed by atoms with Crippen LogP contribution in [0.3, 0.4) is 0 Å². The summed E-state index contributed by atoms with van der Waals surface area (Å²) >= 11 is 0. The molecule has 2 heterocycles. The molecule has 0 radical (unpaired) electrons. The van der Waals surface area contributed by atoms with Gasteiger partial charge in [-0.25, -0.2) is 17.6 Å². The van der Waals surface area contributed by atoms with Gasteiger partial charge in [0.15, 0.2) is 23.3 Å². The Hall–Kier alpha value is -4.32. The zero-order valence-electron chi connectivity index (χ0n) is 17.6. The van der Waals surface area contributed by atoms with Crippen LogP contribution in [0.5, 0.6) is 0 Å². The van der Waals surface area contributed by atoms with Crippen molar-refractivity contribution >= 4 is 0 Å². The normalized spacial score (nSPS) is 10.9. The Morgan fingerprint density at radius 3 is 1.03 bits per heavy atom. The Morgan fingerprint density at radius 2 is 0.706 bits per heavy atom. The number of halogens is 4. The smallest absolute Gasteiger partial charge is 0.170 e. The van der Waals surface area contributed by atoms with Gasteiger partial charge in [0.05, 0.1) is 22.5 Å². The van der Waals surface area contributed by atoms with E-state index in [2.05, 4.69) is 9.97 Å². The molecule has 5 aromatic rings. The maximum Gasteiger partial charge on any atom is 0.170 e. The Morgan fingerprint density at radius 1 is 0.382 bits per heavy atom. The highest BCUT2D eigenvalue weighted by Crippen LogP contribution is 2.42. The quantitative estimate of drug-likeness (QED) is 0.205. The Balaban J connectivity index is 1.76. The standard InChI is InChI=1S/C28H16F4N2/c29-25-23(19-11-3-1-9-17(19)21-13-5-7-15-33-21)26(30)28(32)24(27(25)31)20-12-4-2-10-18(20)22-14-6-8-16-34-22/h1-16H. The molecular formula is C28H16F4N2. The van der Waals surface area contributed by atoms with Crippen LogP contribution in [0.1, 0.15) is 0 Å². The Kier molecular flexibility index (Phi) is 5.64. The lowest BCUT2D eigenvalue weighted by Crippen LogP contribution is -2.05. The van der Waals surface area contributed by atoms with Crippen molar-refractivity contribution in [1.82, 2.24) is 9.97 Å². The predicted octanol–water partition coefficient (Wildman–Crippen LogP) is 7.70. The average molecular weight is 456 g/mol. The summed E-state index contributed by atoms with van der Waals surface area (Å²) in [4.78, 5) is 8.42. The van der Waals surface area contributed by atoms with Gasteiger partial charge in [-0.05, 0) is 35.4 Å². The summed E-state index contributed by atoms with van der Waals surface area (Å²) in [5.41, 5.74) is -0.0324. The molecule has 2 aromatic heterocycles. The lowest BCUT2D eigenvalue weighted by molar-refractivity contribution is 0.463. The fraction of sp³-hybridized carbons (Fsp3) is 0. The number of hydrogen-bond acceptors (Lipinski definition) is 2. The van der Waals surface area contributed by atoms with E-state index in [1.165, 1.54) is 24.5 Å². The first-order chi connectivity index (χ1) is 16.6. The number of benzene rings is 3. The lowest BCUT2D eigenvalue weighted by atomic mass is 9.91. The van der Waals surface area contributed by atoms with Gasteiger partial charge in [-0.3, -0.25) is 9.97 Å². The maximum atomic E-state index is 15.5. The monoisotopic (exact) mass is 456 g/mol. The predicted molar refractivity (Wildman–Crippen MR) is 124 cm³/mol. The second kappa shape index (κ2) is 8.90. The summed E-state index contributed by atoms with van der Waals surface area (Å²) in [5.74, 6) is -5.91. The number of rotatable bonds is 4. The minimum atomic E-state index is -1.48. The molecule has 0 aliphatic carbocycles. The van der Waals surface area contributed by atoms with Crippen molar-refractivity contribution in [2.24, 2.45) is 0 Å². The minimum absolute atomic E-state index is 0.00133. The molecular weight excluding hydrogens is 440 g/mol. The lowest BCUT2D eigenvalue weighted by Gasteiger charge is -2.16. The third kappa shape index (κ3) is 3.63. The summed E-state index contributed by atoms with van der Waals surface area (Å²) in [5, 5.41) is 0. The number of pyridine rings is 2. The highest BCUT2D eigenvalue weighted by Gasteiger charge is 2.29. The molecule has 0 fully saturated rings. The van der Waals surface area contributed by atoms with Crippen molar-refractivity contribution < 1.29 is 17.6 Å². The first-order valence-corrected chi connectivity index (χ1v) is 10.5. The second-order valence-electron chi connectivity index (χ2n) is 7.53. The van der Waals surface area contributed by atoms with Crippen LogP contribution >= 0.6 is 0 Å². The van der Waals surface area contributed by atoms with E-state index in [0.29, 0.717) is 22.5 Å². The van der Waals surface area contributed by atoms with E-state index in [-0.39, 0.29) is 11.1 Å². The molecule has 0 atom stereocenters. The van der Waals surface area contributed by atoms with Gasteiger partial charge in [-0.1, -0.05) is 60.7 Å². The van der Waals surface area contributed by atoms with E-state index in [0.717, 1.165) is 0 Å². The minimum Gasteiger partial charge on any atom is -0.256 e. The van der Waals surface area contributed by atoms with Crippen LogP contribution in [0.25, 0.3) is 44.8 Å². The van der Waals surface area contributed by atoms with Crippen molar-refractivity contribution in [1.29, 1.82) is 0 Å². The van der Waals surface area contributed by atoms with Gasteiger partial charge < -0.3 is 0 Å². The fourth-order valence-corrected chi connectivity index (χ4v) is 4.00. The molecule has 0 saturated carbocycles. The molecule has 3 aromatic carbocycles. The highest BCUT2D eigenvalue weighted by atomic mass is 19.2. The molecule has 2 nitrogen and oxygen atoms in total. The molecule has 0 aliphatic heterocycles. The third-order valence-corrected chi connectivity index (χ3v) is 5.54. The summed E-state index contributed by atoms with van der Waals surface area (Å²) in [7, 11) is 0. The van der Waals surface area contributed by atoms with Crippen molar-refractivity contribution in [3.63, 3.8) is 0 Å². The molecule has 6 heteroatoms. The first kappa shape index (κ1) is 21.5. The summed E-state index contributed by atoms with van der Waals surface area (Å²) in [6, 6.07) is 22.5. The van der Waals surface area contributed by atoms with Gasteiger partial charge in [-0.15, -0.1) is 0 Å². The van der Waals surface area contributed by atoms with Crippen LogP contribution in [0, 0.1) is 23.3 Å². The zero-order valence-corrected chi connectivity index (χ0v) is 17.6. The van der Waals surface area contributed by atoms with E-state index >= 15 is 17.6 Å². The number of aromatic nitrogens is 2. The van der Waals surface area contributed by atoms with Gasteiger partial charge in [0.2, 0.25) is 0 Å². The van der Waals surface area contributed by atoms with E-state index in [4.69, 9.17) is 0 Å². The molecule has 5 rings (SSSR count). The highest BCUT2D eigenvalue weighted by molar-refractivity contribution is 5.87. The van der Waals surface area contributed by atoms with Crippen LogP contribution in [0.2, 0.25) is 0 Å². The van der Waals surface area contributed by atoms with Gasteiger partial charge in [0.25, 0.3) is 0 Å². The Bertz CT molecular complexity index is 1340. The molecule has 34 heavy (non-hydrogen) atoms. The van der Waals surface area contributed by atoms with Crippen LogP contribution < -0.4 is 0 Å². The summed E-state index contributed by atoms with van der Waals surface area (Å²) < 4.78 is 61.9. The fourth-order valence-electron chi connectivity index (χ4n) is 4.00. The summed E-state index contributed by atoms with van der Waals surface area (Å²) in [6.07, 6.45) is 3.05. The molecule has 0 N–H and O–H groups in total. The largest absolute Gasteiger partial charge is 0.256 e. The van der Waals surface area contributed by atoms with Gasteiger partial charge in [0, 0.05) is 23.5 Å².